The van der Waals surface area contributed by atoms with Crippen LogP contribution >= 0.6 is 11.6 Å². The highest BCUT2D eigenvalue weighted by molar-refractivity contribution is 6.28. The number of hydrogen-bond acceptors (Lipinski definition) is 5. The van der Waals surface area contributed by atoms with Crippen molar-refractivity contribution in [2.45, 2.75) is 46.1 Å². The molecule has 21 heavy (non-hydrogen) atoms. The van der Waals surface area contributed by atoms with Crippen LogP contribution in [0.3, 0.4) is 0 Å². The molecule has 0 aliphatic carbocycles. The highest BCUT2D eigenvalue weighted by Crippen LogP contribution is 2.13. The van der Waals surface area contributed by atoms with E-state index in [1.807, 2.05) is 0 Å². The Morgan fingerprint density at radius 2 is 2.00 bits per heavy atom. The molecular formula is C14H21ClN6. The van der Waals surface area contributed by atoms with E-state index in [4.69, 9.17) is 11.6 Å². The van der Waals surface area contributed by atoms with E-state index < -0.39 is 0 Å². The van der Waals surface area contributed by atoms with E-state index in [1.54, 1.807) is 23.1 Å². The van der Waals surface area contributed by atoms with Gasteiger partial charge in [-0.3, -0.25) is 0 Å². The van der Waals surface area contributed by atoms with E-state index in [-0.39, 0.29) is 11.3 Å². The van der Waals surface area contributed by atoms with Gasteiger partial charge in [-0.25, -0.2) is 4.68 Å². The highest BCUT2D eigenvalue weighted by atomic mass is 35.5. The van der Waals surface area contributed by atoms with Crippen molar-refractivity contribution in [2.24, 2.45) is 5.92 Å². The zero-order valence-electron chi connectivity index (χ0n) is 12.6. The van der Waals surface area contributed by atoms with Gasteiger partial charge in [-0.1, -0.05) is 26.7 Å². The van der Waals surface area contributed by atoms with Crippen molar-refractivity contribution in [3.8, 4) is 5.95 Å². The lowest BCUT2D eigenvalue weighted by Crippen LogP contribution is -2.18. The highest BCUT2D eigenvalue weighted by Gasteiger charge is 2.10. The fraction of sp³-hybridized carbons (Fsp3) is 0.571. The van der Waals surface area contributed by atoms with E-state index in [0.29, 0.717) is 11.9 Å². The lowest BCUT2D eigenvalue weighted by Gasteiger charge is -2.14. The first-order valence-electron chi connectivity index (χ1n) is 7.22. The second-order valence-corrected chi connectivity index (χ2v) is 5.89. The van der Waals surface area contributed by atoms with Crippen molar-refractivity contribution in [1.82, 2.24) is 24.7 Å². The summed E-state index contributed by atoms with van der Waals surface area (Å²) in [6.07, 6.45) is 6.90. The summed E-state index contributed by atoms with van der Waals surface area (Å²) in [4.78, 5) is 12.5. The molecule has 1 unspecified atom stereocenters. The minimum Gasteiger partial charge on any atom is -0.352 e. The zero-order valence-corrected chi connectivity index (χ0v) is 13.4. The third kappa shape index (κ3) is 4.97. The number of rotatable bonds is 7. The van der Waals surface area contributed by atoms with Gasteiger partial charge in [0.15, 0.2) is 0 Å². The molecule has 0 saturated heterocycles. The Bertz CT molecular complexity index is 555. The van der Waals surface area contributed by atoms with E-state index in [1.165, 1.54) is 12.8 Å². The molecule has 0 spiro atoms. The lowest BCUT2D eigenvalue weighted by atomic mass is 10.0. The maximum atomic E-state index is 5.95. The van der Waals surface area contributed by atoms with Gasteiger partial charge >= 0.3 is 0 Å². The fourth-order valence-electron chi connectivity index (χ4n) is 2.02. The maximum absolute atomic E-state index is 5.95. The van der Waals surface area contributed by atoms with E-state index in [9.17, 15) is 0 Å². The first-order valence-corrected chi connectivity index (χ1v) is 7.60. The van der Waals surface area contributed by atoms with Crippen LogP contribution in [0.2, 0.25) is 5.28 Å². The fourth-order valence-corrected chi connectivity index (χ4v) is 2.17. The normalized spacial score (nSPS) is 12.6. The molecule has 2 aromatic heterocycles. The Balaban J connectivity index is 2.00. The SMILES string of the molecule is CC(C)CCCC(C)Nc1nc(Cl)nc(-n2cccn2)n1. The van der Waals surface area contributed by atoms with Crippen LogP contribution in [0.4, 0.5) is 5.95 Å². The Labute approximate surface area is 130 Å². The number of aromatic nitrogens is 5. The first-order chi connectivity index (χ1) is 10.0. The zero-order chi connectivity index (χ0) is 15.2. The van der Waals surface area contributed by atoms with Crippen LogP contribution in [0.5, 0.6) is 0 Å². The molecule has 0 bridgehead atoms. The van der Waals surface area contributed by atoms with Crippen molar-refractivity contribution < 1.29 is 0 Å². The number of nitrogens with zero attached hydrogens (tertiary/aromatic N) is 5. The molecule has 6 nitrogen and oxygen atoms in total. The number of hydrogen-bond donors (Lipinski definition) is 1. The average Bonchev–Trinajstić information content (AvgIpc) is 2.91. The minimum absolute atomic E-state index is 0.160. The maximum Gasteiger partial charge on any atom is 0.256 e. The van der Waals surface area contributed by atoms with Crippen LogP contribution < -0.4 is 5.32 Å². The molecule has 0 saturated carbocycles. The van der Waals surface area contributed by atoms with Gasteiger partial charge < -0.3 is 5.32 Å². The number of halogens is 1. The average molecular weight is 309 g/mol. The molecular weight excluding hydrogens is 288 g/mol. The third-order valence-electron chi connectivity index (χ3n) is 3.10. The molecule has 2 aromatic rings. The molecule has 0 radical (unpaired) electrons. The van der Waals surface area contributed by atoms with Gasteiger partial charge in [0.05, 0.1) is 0 Å². The summed E-state index contributed by atoms with van der Waals surface area (Å²) in [5, 5.41) is 7.52. The van der Waals surface area contributed by atoms with Gasteiger partial charge in [-0.2, -0.15) is 20.1 Å². The Hall–Kier alpha value is -1.69. The Kier molecular flexibility index (Phi) is 5.50. The summed E-state index contributed by atoms with van der Waals surface area (Å²) in [5.41, 5.74) is 0. The molecule has 2 rings (SSSR count). The van der Waals surface area contributed by atoms with Crippen molar-refractivity contribution in [1.29, 1.82) is 0 Å². The van der Waals surface area contributed by atoms with Gasteiger partial charge in [-0.15, -0.1) is 0 Å². The lowest BCUT2D eigenvalue weighted by molar-refractivity contribution is 0.519. The number of anilines is 1. The van der Waals surface area contributed by atoms with Crippen molar-refractivity contribution in [3.63, 3.8) is 0 Å². The summed E-state index contributed by atoms with van der Waals surface area (Å²) in [7, 11) is 0. The van der Waals surface area contributed by atoms with Gasteiger partial charge in [0.1, 0.15) is 0 Å². The molecule has 0 fully saturated rings. The molecule has 0 aliphatic heterocycles. The first kappa shape index (κ1) is 15.7. The third-order valence-corrected chi connectivity index (χ3v) is 3.27. The second-order valence-electron chi connectivity index (χ2n) is 5.55. The minimum atomic E-state index is 0.160. The topological polar surface area (TPSA) is 68.5 Å². The smallest absolute Gasteiger partial charge is 0.256 e. The Morgan fingerprint density at radius 1 is 1.19 bits per heavy atom. The molecule has 114 valence electrons. The quantitative estimate of drug-likeness (QED) is 0.849. The van der Waals surface area contributed by atoms with Crippen LogP contribution in [0, 0.1) is 5.92 Å². The summed E-state index contributed by atoms with van der Waals surface area (Å²) in [6, 6.07) is 2.09. The van der Waals surface area contributed by atoms with Gasteiger partial charge in [0.2, 0.25) is 11.2 Å². The van der Waals surface area contributed by atoms with Crippen LogP contribution in [0.15, 0.2) is 18.5 Å². The van der Waals surface area contributed by atoms with Gasteiger partial charge in [0, 0.05) is 18.4 Å². The molecule has 1 N–H and O–H groups in total. The van der Waals surface area contributed by atoms with Crippen molar-refractivity contribution >= 4 is 17.5 Å². The van der Waals surface area contributed by atoms with Gasteiger partial charge in [-0.05, 0) is 36.9 Å². The largest absolute Gasteiger partial charge is 0.352 e. The van der Waals surface area contributed by atoms with E-state index in [0.717, 1.165) is 12.3 Å². The predicted molar refractivity (Wildman–Crippen MR) is 83.7 cm³/mol. The van der Waals surface area contributed by atoms with E-state index in [2.05, 4.69) is 46.1 Å². The van der Waals surface area contributed by atoms with Crippen LogP contribution in [0.25, 0.3) is 5.95 Å². The summed E-state index contributed by atoms with van der Waals surface area (Å²) < 4.78 is 1.56. The van der Waals surface area contributed by atoms with Crippen LogP contribution in [-0.2, 0) is 0 Å². The summed E-state index contributed by atoms with van der Waals surface area (Å²) >= 11 is 5.95. The molecule has 0 aromatic carbocycles. The molecule has 0 amide bonds. The van der Waals surface area contributed by atoms with Crippen LogP contribution in [0.1, 0.15) is 40.0 Å². The summed E-state index contributed by atoms with van der Waals surface area (Å²) in [6.45, 7) is 6.59. The van der Waals surface area contributed by atoms with Gasteiger partial charge in [0.25, 0.3) is 5.95 Å². The molecule has 0 aliphatic rings. The van der Waals surface area contributed by atoms with Crippen LogP contribution in [-0.4, -0.2) is 30.8 Å². The van der Waals surface area contributed by atoms with Crippen molar-refractivity contribution in [3.05, 3.63) is 23.7 Å². The van der Waals surface area contributed by atoms with Crippen molar-refractivity contribution in [2.75, 3.05) is 5.32 Å². The summed E-state index contributed by atoms with van der Waals surface area (Å²) in [5.74, 6) is 1.63. The number of nitrogens with one attached hydrogen (secondary N) is 1. The Morgan fingerprint density at radius 3 is 2.67 bits per heavy atom. The molecule has 1 atom stereocenters. The van der Waals surface area contributed by atoms with E-state index >= 15 is 0 Å². The molecule has 2 heterocycles. The standard InChI is InChI=1S/C14H21ClN6/c1-10(2)6-4-7-11(3)17-13-18-12(15)19-14(20-13)21-9-5-8-16-21/h5,8-11H,4,6-7H2,1-3H3,(H,17,18,19,20). The predicted octanol–water partition coefficient (Wildman–Crippen LogP) is 3.34. The monoisotopic (exact) mass is 308 g/mol. The molecule has 7 heteroatoms. The second kappa shape index (κ2) is 7.36.